The first-order valence-electron chi connectivity index (χ1n) is 2.99. The van der Waals surface area contributed by atoms with Gasteiger partial charge in [0.15, 0.2) is 0 Å². The van der Waals surface area contributed by atoms with Gasteiger partial charge in [0.2, 0.25) is 0 Å². The Labute approximate surface area is 51.0 Å². The van der Waals surface area contributed by atoms with Crippen molar-refractivity contribution >= 4 is 0 Å². The van der Waals surface area contributed by atoms with Gasteiger partial charge in [-0.3, -0.25) is 0 Å². The zero-order chi connectivity index (χ0) is 6.57. The molecule has 0 amide bonds. The zero-order valence-corrected chi connectivity index (χ0v) is 5.76. The molecule has 0 fully saturated rings. The third-order valence-electron chi connectivity index (χ3n) is 0.775. The minimum atomic E-state index is -0.294. The highest BCUT2D eigenvalue weighted by atomic mass is 16.3. The molecule has 0 aromatic carbocycles. The second-order valence-electron chi connectivity index (χ2n) is 2.37. The van der Waals surface area contributed by atoms with Gasteiger partial charge < -0.3 is 5.11 Å². The Bertz CT molecular complexity index is 62.5. The summed E-state index contributed by atoms with van der Waals surface area (Å²) in [5.74, 6) is 0.546. The smallest absolute Gasteiger partial charge is 0.0692 e. The van der Waals surface area contributed by atoms with Crippen LogP contribution in [0.15, 0.2) is 12.2 Å². The lowest BCUT2D eigenvalue weighted by molar-refractivity contribution is 0.243. The van der Waals surface area contributed by atoms with Crippen molar-refractivity contribution in [3.63, 3.8) is 0 Å². The largest absolute Gasteiger partial charge is 0.389 e. The van der Waals surface area contributed by atoms with E-state index in [0.29, 0.717) is 5.92 Å². The summed E-state index contributed by atoms with van der Waals surface area (Å²) in [6.45, 7) is 5.91. The second kappa shape index (κ2) is 3.67. The average Bonchev–Trinajstić information content (AvgIpc) is 1.61. The molecule has 0 aliphatic carbocycles. The van der Waals surface area contributed by atoms with Crippen molar-refractivity contribution in [3.05, 3.63) is 12.2 Å². The lowest BCUT2D eigenvalue weighted by Gasteiger charge is -1.95. The van der Waals surface area contributed by atoms with E-state index in [4.69, 9.17) is 5.11 Å². The van der Waals surface area contributed by atoms with Gasteiger partial charge in [-0.1, -0.05) is 26.0 Å². The predicted molar refractivity (Wildman–Crippen MR) is 35.7 cm³/mol. The van der Waals surface area contributed by atoms with Crippen molar-refractivity contribution in [1.82, 2.24) is 0 Å². The van der Waals surface area contributed by atoms with Crippen LogP contribution in [0.5, 0.6) is 0 Å². The number of allylic oxidation sites excluding steroid dienone is 1. The molecule has 0 rings (SSSR count). The van der Waals surface area contributed by atoms with Crippen LogP contribution in [-0.4, -0.2) is 11.2 Å². The topological polar surface area (TPSA) is 20.2 Å². The van der Waals surface area contributed by atoms with E-state index in [1.165, 1.54) is 0 Å². The van der Waals surface area contributed by atoms with Gasteiger partial charge in [0.05, 0.1) is 6.10 Å². The van der Waals surface area contributed by atoms with E-state index >= 15 is 0 Å². The van der Waals surface area contributed by atoms with Gasteiger partial charge in [0.1, 0.15) is 0 Å². The minimum absolute atomic E-state index is 0.294. The lowest BCUT2D eigenvalue weighted by atomic mass is 10.2. The van der Waals surface area contributed by atoms with Crippen molar-refractivity contribution in [2.75, 3.05) is 0 Å². The number of hydrogen-bond acceptors (Lipinski definition) is 1. The third-order valence-corrected chi connectivity index (χ3v) is 0.775. The fourth-order valence-corrected chi connectivity index (χ4v) is 0.383. The van der Waals surface area contributed by atoms with Gasteiger partial charge in [0.25, 0.3) is 0 Å². The first kappa shape index (κ1) is 7.70. The first-order chi connectivity index (χ1) is 3.63. The van der Waals surface area contributed by atoms with E-state index in [1.54, 1.807) is 13.0 Å². The molecular weight excluding hydrogens is 100 g/mol. The van der Waals surface area contributed by atoms with Crippen LogP contribution < -0.4 is 0 Å². The molecule has 0 spiro atoms. The Morgan fingerprint density at radius 2 is 1.62 bits per heavy atom. The van der Waals surface area contributed by atoms with Gasteiger partial charge in [0, 0.05) is 0 Å². The molecule has 1 atom stereocenters. The van der Waals surface area contributed by atoms with E-state index in [1.807, 2.05) is 6.08 Å². The van der Waals surface area contributed by atoms with Crippen LogP contribution in [0.2, 0.25) is 0 Å². The summed E-state index contributed by atoms with van der Waals surface area (Å²) in [6.07, 6.45) is 3.49. The van der Waals surface area contributed by atoms with Crippen molar-refractivity contribution in [3.8, 4) is 0 Å². The lowest BCUT2D eigenvalue weighted by Crippen LogP contribution is -1.92. The molecule has 0 bridgehead atoms. The third kappa shape index (κ3) is 5.70. The van der Waals surface area contributed by atoms with E-state index in [-0.39, 0.29) is 6.10 Å². The number of rotatable bonds is 2. The zero-order valence-electron chi connectivity index (χ0n) is 5.76. The van der Waals surface area contributed by atoms with Crippen LogP contribution in [-0.2, 0) is 0 Å². The van der Waals surface area contributed by atoms with Crippen LogP contribution in [0, 0.1) is 5.92 Å². The molecule has 0 aromatic rings. The maximum atomic E-state index is 8.71. The molecule has 0 aliphatic heterocycles. The Balaban J connectivity index is 3.34. The van der Waals surface area contributed by atoms with Gasteiger partial charge in [-0.25, -0.2) is 0 Å². The molecule has 0 saturated carbocycles. The van der Waals surface area contributed by atoms with Gasteiger partial charge in [-0.05, 0) is 12.8 Å². The van der Waals surface area contributed by atoms with Crippen molar-refractivity contribution < 1.29 is 5.11 Å². The maximum Gasteiger partial charge on any atom is 0.0692 e. The molecule has 1 nitrogen and oxygen atoms in total. The Morgan fingerprint density at radius 3 is 1.75 bits per heavy atom. The highest BCUT2D eigenvalue weighted by molar-refractivity contribution is 4.88. The highest BCUT2D eigenvalue weighted by Crippen LogP contribution is 1.94. The molecular formula is C7H14O. The van der Waals surface area contributed by atoms with Gasteiger partial charge >= 0.3 is 0 Å². The first-order valence-corrected chi connectivity index (χ1v) is 2.99. The predicted octanol–water partition coefficient (Wildman–Crippen LogP) is 1.58. The molecule has 0 saturated heterocycles. The molecule has 0 radical (unpaired) electrons. The van der Waals surface area contributed by atoms with Crippen molar-refractivity contribution in [1.29, 1.82) is 0 Å². The maximum absolute atomic E-state index is 8.71. The molecule has 1 unspecified atom stereocenters. The van der Waals surface area contributed by atoms with Crippen molar-refractivity contribution in [2.45, 2.75) is 26.9 Å². The summed E-state index contributed by atoms with van der Waals surface area (Å²) in [5, 5.41) is 8.71. The van der Waals surface area contributed by atoms with E-state index < -0.39 is 0 Å². The summed E-state index contributed by atoms with van der Waals surface area (Å²) < 4.78 is 0. The normalized spacial score (nSPS) is 15.6. The summed E-state index contributed by atoms with van der Waals surface area (Å²) in [5.41, 5.74) is 0. The Kier molecular flexibility index (Phi) is 3.53. The van der Waals surface area contributed by atoms with E-state index in [2.05, 4.69) is 13.8 Å². The van der Waals surface area contributed by atoms with Crippen LogP contribution >= 0.6 is 0 Å². The average molecular weight is 114 g/mol. The SMILES string of the molecule is CC(C)/C=C/C(C)O. The molecule has 0 heterocycles. The van der Waals surface area contributed by atoms with Crippen LogP contribution in [0.25, 0.3) is 0 Å². The summed E-state index contributed by atoms with van der Waals surface area (Å²) in [7, 11) is 0. The fourth-order valence-electron chi connectivity index (χ4n) is 0.383. The summed E-state index contributed by atoms with van der Waals surface area (Å²) in [6, 6.07) is 0. The second-order valence-corrected chi connectivity index (χ2v) is 2.37. The summed E-state index contributed by atoms with van der Waals surface area (Å²) in [4.78, 5) is 0. The van der Waals surface area contributed by atoms with Gasteiger partial charge in [-0.2, -0.15) is 0 Å². The number of aliphatic hydroxyl groups excluding tert-OH is 1. The standard InChI is InChI=1S/C7H14O/c1-6(2)4-5-7(3)8/h4-8H,1-3H3/b5-4+. The minimum Gasteiger partial charge on any atom is -0.389 e. The van der Waals surface area contributed by atoms with Crippen molar-refractivity contribution in [2.24, 2.45) is 5.92 Å². The molecule has 0 aromatic heterocycles. The number of aliphatic hydroxyl groups is 1. The molecule has 0 aliphatic rings. The quantitative estimate of drug-likeness (QED) is 0.540. The summed E-state index contributed by atoms with van der Waals surface area (Å²) >= 11 is 0. The van der Waals surface area contributed by atoms with E-state index in [9.17, 15) is 0 Å². The highest BCUT2D eigenvalue weighted by Gasteiger charge is 1.86. The monoisotopic (exact) mass is 114 g/mol. The molecule has 8 heavy (non-hydrogen) atoms. The molecule has 1 heteroatoms. The molecule has 48 valence electrons. The van der Waals surface area contributed by atoms with Crippen LogP contribution in [0.4, 0.5) is 0 Å². The molecule has 1 N–H and O–H groups in total. The number of hydrogen-bond donors (Lipinski definition) is 1. The Morgan fingerprint density at radius 1 is 1.12 bits per heavy atom. The van der Waals surface area contributed by atoms with Crippen LogP contribution in [0.3, 0.4) is 0 Å². The van der Waals surface area contributed by atoms with Gasteiger partial charge in [-0.15, -0.1) is 0 Å². The fraction of sp³-hybridized carbons (Fsp3) is 0.714. The van der Waals surface area contributed by atoms with E-state index in [0.717, 1.165) is 0 Å². The van der Waals surface area contributed by atoms with Crippen LogP contribution in [0.1, 0.15) is 20.8 Å². The Hall–Kier alpha value is -0.300.